The topological polar surface area (TPSA) is 56.3 Å². The van der Waals surface area contributed by atoms with Gasteiger partial charge in [0.1, 0.15) is 0 Å². The quantitative estimate of drug-likeness (QED) is 0.276. The number of halogens is 1. The summed E-state index contributed by atoms with van der Waals surface area (Å²) < 4.78 is 5.56. The molecular weight excluding hydrogens is 410 g/mol. The van der Waals surface area contributed by atoms with E-state index in [2.05, 4.69) is 4.98 Å². The van der Waals surface area contributed by atoms with Crippen molar-refractivity contribution in [1.82, 2.24) is 4.98 Å². The molecule has 3 aromatic carbocycles. The number of Topliss-reactive ketones (excluding diaryl/α,β-unsaturated/α-hetero) is 1. The van der Waals surface area contributed by atoms with Crippen LogP contribution in [0.5, 0.6) is 0 Å². The molecule has 4 nitrogen and oxygen atoms in total. The van der Waals surface area contributed by atoms with Crippen LogP contribution in [0.25, 0.3) is 22.2 Å². The van der Waals surface area contributed by atoms with E-state index < -0.39 is 12.1 Å². The average molecular weight is 430 g/mol. The molecule has 1 aromatic heterocycles. The van der Waals surface area contributed by atoms with E-state index in [1.165, 1.54) is 0 Å². The van der Waals surface area contributed by atoms with E-state index in [0.717, 1.165) is 11.1 Å². The van der Waals surface area contributed by atoms with Gasteiger partial charge in [-0.25, -0.2) is 9.78 Å². The van der Waals surface area contributed by atoms with Gasteiger partial charge in [-0.15, -0.1) is 0 Å². The number of pyridine rings is 1. The van der Waals surface area contributed by atoms with Crippen molar-refractivity contribution >= 4 is 34.3 Å². The summed E-state index contributed by atoms with van der Waals surface area (Å²) in [5, 5.41) is 1.01. The second-order valence-corrected chi connectivity index (χ2v) is 7.74. The first-order valence-electron chi connectivity index (χ1n) is 9.90. The van der Waals surface area contributed by atoms with Gasteiger partial charge < -0.3 is 4.74 Å². The summed E-state index contributed by atoms with van der Waals surface area (Å²) in [5.74, 6) is -0.854. The monoisotopic (exact) mass is 429 g/mol. The highest BCUT2D eigenvalue weighted by Gasteiger charge is 2.23. The first-order valence-corrected chi connectivity index (χ1v) is 10.3. The first-order chi connectivity index (χ1) is 14.9. The summed E-state index contributed by atoms with van der Waals surface area (Å²) in [4.78, 5) is 30.5. The molecule has 0 bridgehead atoms. The molecule has 0 saturated heterocycles. The lowest BCUT2D eigenvalue weighted by atomic mass is 10.0. The number of esters is 1. The van der Waals surface area contributed by atoms with Crippen LogP contribution in [0.2, 0.25) is 5.02 Å². The van der Waals surface area contributed by atoms with Crippen molar-refractivity contribution in [3.8, 4) is 11.3 Å². The maximum atomic E-state index is 13.1. The zero-order chi connectivity index (χ0) is 22.0. The molecule has 4 rings (SSSR count). The lowest BCUT2D eigenvalue weighted by Crippen LogP contribution is -2.24. The minimum Gasteiger partial charge on any atom is -0.451 e. The molecule has 31 heavy (non-hydrogen) atoms. The Morgan fingerprint density at radius 1 is 0.935 bits per heavy atom. The molecule has 0 spiro atoms. The number of rotatable bonds is 5. The molecule has 0 fully saturated rings. The van der Waals surface area contributed by atoms with E-state index in [-0.39, 0.29) is 5.78 Å². The van der Waals surface area contributed by atoms with Gasteiger partial charge in [-0.05, 0) is 26.0 Å². The highest BCUT2D eigenvalue weighted by molar-refractivity contribution is 6.35. The molecule has 5 heteroatoms. The Morgan fingerprint density at radius 2 is 1.65 bits per heavy atom. The summed E-state index contributed by atoms with van der Waals surface area (Å²) in [5.41, 5.74) is 3.82. The second-order valence-electron chi connectivity index (χ2n) is 7.33. The number of ketones is 1. The van der Waals surface area contributed by atoms with Gasteiger partial charge in [-0.3, -0.25) is 4.79 Å². The van der Waals surface area contributed by atoms with Crippen LogP contribution in [0.15, 0.2) is 78.9 Å². The van der Waals surface area contributed by atoms with Gasteiger partial charge in [-0.1, -0.05) is 83.9 Å². The largest absolute Gasteiger partial charge is 0.451 e. The Bertz CT molecular complexity index is 1270. The Morgan fingerprint density at radius 3 is 2.35 bits per heavy atom. The molecule has 0 aliphatic heterocycles. The SMILES string of the molecule is Cc1ccc(C(=O)[C@@H](C)OC(=O)c2cc(-c3ccccc3)nc3c(Cl)cccc23)cc1. The maximum absolute atomic E-state index is 13.1. The third-order valence-electron chi connectivity index (χ3n) is 5.07. The lowest BCUT2D eigenvalue weighted by molar-refractivity contribution is 0.0320. The molecule has 0 amide bonds. The molecule has 0 unspecified atom stereocenters. The molecule has 1 heterocycles. The zero-order valence-electron chi connectivity index (χ0n) is 17.1. The van der Waals surface area contributed by atoms with Crippen LogP contribution in [-0.4, -0.2) is 22.8 Å². The minimum atomic E-state index is -0.933. The number of hydrogen-bond donors (Lipinski definition) is 0. The van der Waals surface area contributed by atoms with Crippen molar-refractivity contribution in [2.45, 2.75) is 20.0 Å². The summed E-state index contributed by atoms with van der Waals surface area (Å²) in [6.45, 7) is 3.52. The number of fused-ring (bicyclic) bond motifs is 1. The molecule has 1 atom stereocenters. The van der Waals surface area contributed by atoms with Crippen molar-refractivity contribution < 1.29 is 14.3 Å². The van der Waals surface area contributed by atoms with Gasteiger partial charge in [0.15, 0.2) is 6.10 Å². The van der Waals surface area contributed by atoms with Gasteiger partial charge in [-0.2, -0.15) is 0 Å². The third kappa shape index (κ3) is 4.35. The van der Waals surface area contributed by atoms with E-state index in [4.69, 9.17) is 16.3 Å². The lowest BCUT2D eigenvalue weighted by Gasteiger charge is -2.15. The number of carbonyl (C=O) groups excluding carboxylic acids is 2. The summed E-state index contributed by atoms with van der Waals surface area (Å²) in [7, 11) is 0. The van der Waals surface area contributed by atoms with Crippen molar-refractivity contribution in [3.05, 3.63) is 101 Å². The van der Waals surface area contributed by atoms with Crippen LogP contribution < -0.4 is 0 Å². The molecule has 0 radical (unpaired) electrons. The normalized spacial score (nSPS) is 11.8. The predicted molar refractivity (Wildman–Crippen MR) is 123 cm³/mol. The van der Waals surface area contributed by atoms with Crippen molar-refractivity contribution in [2.24, 2.45) is 0 Å². The van der Waals surface area contributed by atoms with Crippen LogP contribution in [0.4, 0.5) is 0 Å². The number of aromatic nitrogens is 1. The van der Waals surface area contributed by atoms with Crippen LogP contribution in [-0.2, 0) is 4.74 Å². The molecule has 154 valence electrons. The van der Waals surface area contributed by atoms with Crippen molar-refractivity contribution in [2.75, 3.05) is 0 Å². The number of nitrogens with zero attached hydrogens (tertiary/aromatic N) is 1. The zero-order valence-corrected chi connectivity index (χ0v) is 17.9. The fraction of sp³-hybridized carbons (Fsp3) is 0.115. The van der Waals surface area contributed by atoms with Gasteiger partial charge >= 0.3 is 5.97 Å². The van der Waals surface area contributed by atoms with Gasteiger partial charge in [0, 0.05) is 16.5 Å². The highest BCUT2D eigenvalue weighted by Crippen LogP contribution is 2.29. The molecule has 0 aliphatic carbocycles. The van der Waals surface area contributed by atoms with E-state index in [1.54, 1.807) is 43.3 Å². The number of para-hydroxylation sites is 1. The standard InChI is InChI=1S/C26H20ClNO3/c1-16-11-13-19(14-12-16)25(29)17(2)31-26(30)21-15-23(18-7-4-3-5-8-18)28-24-20(21)9-6-10-22(24)27/h3-15,17H,1-2H3/t17-/m1/s1. The number of carbonyl (C=O) groups is 2. The highest BCUT2D eigenvalue weighted by atomic mass is 35.5. The van der Waals surface area contributed by atoms with E-state index in [9.17, 15) is 9.59 Å². The second kappa shape index (κ2) is 8.70. The minimum absolute atomic E-state index is 0.256. The molecule has 0 N–H and O–H groups in total. The summed E-state index contributed by atoms with van der Waals surface area (Å²) >= 11 is 6.37. The number of benzene rings is 3. The first kappa shape index (κ1) is 20.8. The van der Waals surface area contributed by atoms with Crippen LogP contribution in [0, 0.1) is 6.92 Å². The van der Waals surface area contributed by atoms with Gasteiger partial charge in [0.05, 0.1) is 21.8 Å². The van der Waals surface area contributed by atoms with E-state index in [1.807, 2.05) is 49.4 Å². The number of aryl methyl sites for hydroxylation is 1. The molecule has 0 aliphatic rings. The molecule has 4 aromatic rings. The Labute approximate surface area is 185 Å². The Hall–Kier alpha value is -3.50. The average Bonchev–Trinajstić information content (AvgIpc) is 2.79. The summed E-state index contributed by atoms with van der Waals surface area (Å²) in [6.07, 6.45) is -0.933. The predicted octanol–water partition coefficient (Wildman–Crippen LogP) is 6.29. The van der Waals surface area contributed by atoms with Gasteiger partial charge in [0.2, 0.25) is 5.78 Å². The molecule has 0 saturated carbocycles. The fourth-order valence-electron chi connectivity index (χ4n) is 3.37. The number of ether oxygens (including phenoxy) is 1. The Kier molecular flexibility index (Phi) is 5.83. The smallest absolute Gasteiger partial charge is 0.339 e. The van der Waals surface area contributed by atoms with E-state index >= 15 is 0 Å². The van der Waals surface area contributed by atoms with Crippen molar-refractivity contribution in [1.29, 1.82) is 0 Å². The third-order valence-corrected chi connectivity index (χ3v) is 5.37. The van der Waals surface area contributed by atoms with E-state index in [0.29, 0.717) is 32.7 Å². The van der Waals surface area contributed by atoms with Gasteiger partial charge in [0.25, 0.3) is 0 Å². The Balaban J connectivity index is 1.70. The fourth-order valence-corrected chi connectivity index (χ4v) is 3.59. The summed E-state index contributed by atoms with van der Waals surface area (Å²) in [6, 6.07) is 23.6. The van der Waals surface area contributed by atoms with Crippen LogP contribution in [0.3, 0.4) is 0 Å². The van der Waals surface area contributed by atoms with Crippen molar-refractivity contribution in [3.63, 3.8) is 0 Å². The van der Waals surface area contributed by atoms with Crippen LogP contribution in [0.1, 0.15) is 33.2 Å². The van der Waals surface area contributed by atoms with Crippen LogP contribution >= 0.6 is 11.6 Å². The maximum Gasteiger partial charge on any atom is 0.339 e. The number of hydrogen-bond acceptors (Lipinski definition) is 4. The molecular formula is C26H20ClNO3.